The van der Waals surface area contributed by atoms with Crippen molar-refractivity contribution < 1.29 is 28.2 Å². The summed E-state index contributed by atoms with van der Waals surface area (Å²) in [6, 6.07) is 19.5. The van der Waals surface area contributed by atoms with Crippen molar-refractivity contribution in [2.24, 2.45) is 5.10 Å². The molecule has 3 N–H and O–H groups in total. The summed E-state index contributed by atoms with van der Waals surface area (Å²) in [5.74, 6) is 0.141. The van der Waals surface area contributed by atoms with Gasteiger partial charge in [0.25, 0.3) is 5.91 Å². The smallest absolute Gasteiger partial charge is 0.408 e. The number of hydrogen-bond acceptors (Lipinski definition) is 7. The lowest BCUT2D eigenvalue weighted by Gasteiger charge is -2.16. The van der Waals surface area contributed by atoms with Gasteiger partial charge in [0.05, 0.1) is 19.1 Å². The molecular weight excluding hydrogens is 529 g/mol. The normalized spacial score (nSPS) is 11.6. The van der Waals surface area contributed by atoms with E-state index in [1.165, 1.54) is 24.7 Å². The van der Waals surface area contributed by atoms with E-state index in [1.807, 2.05) is 37.3 Å². The number of benzene rings is 3. The summed E-state index contributed by atoms with van der Waals surface area (Å²) >= 11 is 0. The lowest BCUT2D eigenvalue weighted by atomic mass is 10.1. The maximum atomic E-state index is 13.2. The van der Waals surface area contributed by atoms with Crippen molar-refractivity contribution in [1.29, 1.82) is 0 Å². The molecule has 0 aliphatic heterocycles. The number of aromatic nitrogens is 2. The molecule has 0 radical (unpaired) electrons. The van der Waals surface area contributed by atoms with Crippen LogP contribution in [-0.4, -0.2) is 40.8 Å². The molecule has 0 unspecified atom stereocenters. The van der Waals surface area contributed by atoms with Gasteiger partial charge in [-0.1, -0.05) is 42.5 Å². The Hall–Kier alpha value is -5.19. The summed E-state index contributed by atoms with van der Waals surface area (Å²) in [5, 5.41) is 6.64. The van der Waals surface area contributed by atoms with E-state index >= 15 is 0 Å². The summed E-state index contributed by atoms with van der Waals surface area (Å²) in [4.78, 5) is 32.2. The zero-order valence-corrected chi connectivity index (χ0v) is 22.4. The first-order valence-corrected chi connectivity index (χ1v) is 12.9. The molecule has 10 nitrogen and oxygen atoms in total. The fourth-order valence-electron chi connectivity index (χ4n) is 3.72. The number of carbonyl (C=O) groups excluding carboxylic acids is 2. The van der Waals surface area contributed by atoms with Crippen LogP contribution in [0.3, 0.4) is 0 Å². The predicted octanol–water partition coefficient (Wildman–Crippen LogP) is 4.51. The number of nitrogens with zero attached hydrogens (tertiary/aromatic N) is 2. The Morgan fingerprint density at radius 1 is 1.00 bits per heavy atom. The molecule has 1 aromatic heterocycles. The number of imidazole rings is 1. The standard InChI is InChI=1S/C30H30FN5O5/c1-2-39-28-14-23(10-13-27(28)40-18-22-8-11-24(31)12-9-22)16-34-36-29(37)26(15-25-17-32-20-33-25)35-30(38)41-19-21-6-4-3-5-7-21/h3-14,16-17,20,26H,2,15,18-19H2,1H3,(H,32,33)(H,35,38)(H,36,37)/b34-16-/t26-/m0/s1. The van der Waals surface area contributed by atoms with Crippen molar-refractivity contribution in [2.75, 3.05) is 6.61 Å². The molecule has 1 atom stereocenters. The predicted molar refractivity (Wildman–Crippen MR) is 150 cm³/mol. The van der Waals surface area contributed by atoms with E-state index in [1.54, 1.807) is 36.5 Å². The van der Waals surface area contributed by atoms with Gasteiger partial charge in [0, 0.05) is 18.3 Å². The van der Waals surface area contributed by atoms with E-state index in [0.29, 0.717) is 29.4 Å². The number of aromatic amines is 1. The van der Waals surface area contributed by atoms with E-state index in [-0.39, 0.29) is 25.5 Å². The molecule has 41 heavy (non-hydrogen) atoms. The Labute approximate surface area is 236 Å². The van der Waals surface area contributed by atoms with Crippen LogP contribution in [0.15, 0.2) is 90.4 Å². The largest absolute Gasteiger partial charge is 0.490 e. The summed E-state index contributed by atoms with van der Waals surface area (Å²) in [7, 11) is 0. The van der Waals surface area contributed by atoms with E-state index < -0.39 is 18.0 Å². The molecule has 1 heterocycles. The molecular formula is C30H30FN5O5. The van der Waals surface area contributed by atoms with Crippen molar-refractivity contribution in [2.45, 2.75) is 32.6 Å². The molecule has 4 aromatic rings. The lowest BCUT2D eigenvalue weighted by Crippen LogP contribution is -2.47. The summed E-state index contributed by atoms with van der Waals surface area (Å²) < 4.78 is 30.0. The Morgan fingerprint density at radius 2 is 1.78 bits per heavy atom. The number of hydrogen-bond donors (Lipinski definition) is 3. The highest BCUT2D eigenvalue weighted by Gasteiger charge is 2.22. The third kappa shape index (κ3) is 9.20. The third-order valence-electron chi connectivity index (χ3n) is 5.76. The molecule has 4 rings (SSSR count). The van der Waals surface area contributed by atoms with Gasteiger partial charge in [-0.15, -0.1) is 0 Å². The van der Waals surface area contributed by atoms with Crippen LogP contribution in [0.2, 0.25) is 0 Å². The minimum absolute atomic E-state index is 0.0645. The minimum atomic E-state index is -0.975. The van der Waals surface area contributed by atoms with Gasteiger partial charge in [-0.05, 0) is 53.9 Å². The first-order valence-electron chi connectivity index (χ1n) is 12.9. The molecule has 3 aromatic carbocycles. The third-order valence-corrected chi connectivity index (χ3v) is 5.76. The minimum Gasteiger partial charge on any atom is -0.490 e. The van der Waals surface area contributed by atoms with Crippen molar-refractivity contribution in [3.8, 4) is 11.5 Å². The summed E-state index contributed by atoms with van der Waals surface area (Å²) in [6.07, 6.45) is 3.91. The lowest BCUT2D eigenvalue weighted by molar-refractivity contribution is -0.123. The van der Waals surface area contributed by atoms with Crippen LogP contribution >= 0.6 is 0 Å². The van der Waals surface area contributed by atoms with E-state index in [9.17, 15) is 14.0 Å². The second kappa shape index (κ2) is 14.8. The number of rotatable bonds is 13. The number of amides is 2. The number of halogens is 1. The van der Waals surface area contributed by atoms with Crippen molar-refractivity contribution in [3.05, 3.63) is 114 Å². The van der Waals surface area contributed by atoms with E-state index in [0.717, 1.165) is 11.1 Å². The van der Waals surface area contributed by atoms with Crippen LogP contribution in [0, 0.1) is 5.82 Å². The van der Waals surface area contributed by atoms with Crippen LogP contribution in [0.5, 0.6) is 11.5 Å². The van der Waals surface area contributed by atoms with Crippen LogP contribution in [-0.2, 0) is 29.2 Å². The Bertz CT molecular complexity index is 1430. The molecule has 0 spiro atoms. The van der Waals surface area contributed by atoms with E-state index in [2.05, 4.69) is 25.8 Å². The number of carbonyl (C=O) groups is 2. The highest BCUT2D eigenvalue weighted by molar-refractivity contribution is 5.87. The SMILES string of the molecule is CCOc1cc(/C=N\NC(=O)[C@H](Cc2cnc[nH]2)NC(=O)OCc2ccccc2)ccc1OCc1ccc(F)cc1. The number of H-pyrrole nitrogens is 1. The average Bonchev–Trinajstić information content (AvgIpc) is 3.50. The second-order valence-corrected chi connectivity index (χ2v) is 8.83. The highest BCUT2D eigenvalue weighted by Crippen LogP contribution is 2.29. The van der Waals surface area contributed by atoms with Crippen molar-refractivity contribution in [1.82, 2.24) is 20.7 Å². The van der Waals surface area contributed by atoms with Gasteiger partial charge in [0.1, 0.15) is 25.1 Å². The molecule has 212 valence electrons. The van der Waals surface area contributed by atoms with Gasteiger partial charge in [0.2, 0.25) is 0 Å². The Kier molecular flexibility index (Phi) is 10.4. The maximum Gasteiger partial charge on any atom is 0.408 e. The number of nitrogens with one attached hydrogen (secondary N) is 3. The number of alkyl carbamates (subject to hydrolysis) is 1. The fourth-order valence-corrected chi connectivity index (χ4v) is 3.72. The zero-order valence-electron chi connectivity index (χ0n) is 22.4. The van der Waals surface area contributed by atoms with Gasteiger partial charge in [0.15, 0.2) is 11.5 Å². The molecule has 0 aliphatic carbocycles. The first kappa shape index (κ1) is 28.8. The molecule has 0 aliphatic rings. The molecule has 0 saturated heterocycles. The van der Waals surface area contributed by atoms with Crippen LogP contribution < -0.4 is 20.2 Å². The average molecular weight is 560 g/mol. The van der Waals surface area contributed by atoms with Crippen molar-refractivity contribution in [3.63, 3.8) is 0 Å². The molecule has 0 fully saturated rings. The second-order valence-electron chi connectivity index (χ2n) is 8.83. The monoisotopic (exact) mass is 559 g/mol. The number of hydrazone groups is 1. The van der Waals surface area contributed by atoms with Crippen LogP contribution in [0.1, 0.15) is 29.3 Å². The van der Waals surface area contributed by atoms with Gasteiger partial charge >= 0.3 is 6.09 Å². The van der Waals surface area contributed by atoms with Gasteiger partial charge < -0.3 is 24.5 Å². The Morgan fingerprint density at radius 3 is 2.51 bits per heavy atom. The van der Waals surface area contributed by atoms with Crippen LogP contribution in [0.4, 0.5) is 9.18 Å². The zero-order chi connectivity index (χ0) is 28.9. The number of ether oxygens (including phenoxy) is 3. The summed E-state index contributed by atoms with van der Waals surface area (Å²) in [6.45, 7) is 2.56. The quantitative estimate of drug-likeness (QED) is 0.163. The topological polar surface area (TPSA) is 127 Å². The van der Waals surface area contributed by atoms with E-state index in [4.69, 9.17) is 14.2 Å². The molecule has 0 bridgehead atoms. The summed E-state index contributed by atoms with van der Waals surface area (Å²) in [5.41, 5.74) is 5.38. The van der Waals surface area contributed by atoms with Crippen LogP contribution in [0.25, 0.3) is 0 Å². The van der Waals surface area contributed by atoms with Gasteiger partial charge in [-0.2, -0.15) is 5.10 Å². The molecule has 0 saturated carbocycles. The molecule has 11 heteroatoms. The maximum absolute atomic E-state index is 13.2. The van der Waals surface area contributed by atoms with Gasteiger partial charge in [-0.3, -0.25) is 4.79 Å². The Balaban J connectivity index is 1.36. The molecule has 2 amide bonds. The fraction of sp³-hybridized carbons (Fsp3) is 0.200. The van der Waals surface area contributed by atoms with Crippen molar-refractivity contribution >= 4 is 18.2 Å². The van der Waals surface area contributed by atoms with Gasteiger partial charge in [-0.25, -0.2) is 19.6 Å². The highest BCUT2D eigenvalue weighted by atomic mass is 19.1. The first-order chi connectivity index (χ1) is 20.0.